The van der Waals surface area contributed by atoms with E-state index in [1.807, 2.05) is 30.3 Å². The summed E-state index contributed by atoms with van der Waals surface area (Å²) in [7, 11) is 0. The molecule has 0 unspecified atom stereocenters. The molecule has 2 rings (SSSR count). The first-order valence-corrected chi connectivity index (χ1v) is 5.57. The molecule has 1 heterocycles. The van der Waals surface area contributed by atoms with Crippen molar-refractivity contribution in [1.82, 2.24) is 4.98 Å². The summed E-state index contributed by atoms with van der Waals surface area (Å²) in [6.07, 6.45) is 2.92. The van der Waals surface area contributed by atoms with E-state index in [0.717, 1.165) is 5.56 Å². The van der Waals surface area contributed by atoms with Crippen LogP contribution in [0.25, 0.3) is 0 Å². The molecule has 0 radical (unpaired) electrons. The van der Waals surface area contributed by atoms with E-state index in [1.165, 1.54) is 6.20 Å². The second-order valence-corrected chi connectivity index (χ2v) is 3.94. The fraction of sp³-hybridized carbons (Fsp3) is 0.143. The van der Waals surface area contributed by atoms with Crippen molar-refractivity contribution in [3.8, 4) is 0 Å². The fourth-order valence-corrected chi connectivity index (χ4v) is 1.55. The van der Waals surface area contributed by atoms with Crippen molar-refractivity contribution in [2.24, 2.45) is 0 Å². The van der Waals surface area contributed by atoms with Gasteiger partial charge in [0, 0.05) is 18.0 Å². The molecule has 1 N–H and O–H groups in total. The molecule has 18 heavy (non-hydrogen) atoms. The molecule has 0 aliphatic carbocycles. The van der Waals surface area contributed by atoms with Crippen LogP contribution < -0.4 is 5.43 Å². The number of carbonyl (C=O) groups excluding carboxylic acids is 1. The van der Waals surface area contributed by atoms with Gasteiger partial charge in [0.05, 0.1) is 0 Å². The number of benzene rings is 1. The zero-order valence-corrected chi connectivity index (χ0v) is 9.97. The summed E-state index contributed by atoms with van der Waals surface area (Å²) in [6, 6.07) is 9.32. The molecule has 4 nitrogen and oxygen atoms in total. The van der Waals surface area contributed by atoms with Gasteiger partial charge >= 0.3 is 5.97 Å². The number of aryl methyl sites for hydroxylation is 1. The SMILES string of the molecule is Cc1c[nH]cc(C(=O)OCc2ccccc2)c1=O. The second-order valence-electron chi connectivity index (χ2n) is 3.94. The van der Waals surface area contributed by atoms with Gasteiger partial charge in [0.25, 0.3) is 0 Å². The monoisotopic (exact) mass is 243 g/mol. The molecule has 92 valence electrons. The van der Waals surface area contributed by atoms with Gasteiger partial charge in [0.1, 0.15) is 12.2 Å². The van der Waals surface area contributed by atoms with Gasteiger partial charge in [-0.25, -0.2) is 4.79 Å². The van der Waals surface area contributed by atoms with Gasteiger partial charge in [0.15, 0.2) is 5.43 Å². The molecule has 2 aromatic rings. The first-order chi connectivity index (χ1) is 8.68. The Morgan fingerprint density at radius 3 is 2.67 bits per heavy atom. The van der Waals surface area contributed by atoms with Gasteiger partial charge < -0.3 is 9.72 Å². The normalized spacial score (nSPS) is 10.1. The number of hydrogen-bond acceptors (Lipinski definition) is 3. The lowest BCUT2D eigenvalue weighted by Crippen LogP contribution is -2.19. The summed E-state index contributed by atoms with van der Waals surface area (Å²) in [4.78, 5) is 26.2. The maximum absolute atomic E-state index is 11.7. The molecule has 0 aliphatic rings. The average molecular weight is 243 g/mol. The van der Waals surface area contributed by atoms with Crippen LogP contribution >= 0.6 is 0 Å². The third-order valence-corrected chi connectivity index (χ3v) is 2.56. The summed E-state index contributed by atoms with van der Waals surface area (Å²) in [5.41, 5.74) is 1.11. The second kappa shape index (κ2) is 5.31. The number of pyridine rings is 1. The highest BCUT2D eigenvalue weighted by Gasteiger charge is 2.12. The van der Waals surface area contributed by atoms with E-state index in [4.69, 9.17) is 4.74 Å². The molecule has 0 amide bonds. The van der Waals surface area contributed by atoms with Gasteiger partial charge in [0.2, 0.25) is 0 Å². The lowest BCUT2D eigenvalue weighted by molar-refractivity contribution is 0.0470. The highest BCUT2D eigenvalue weighted by atomic mass is 16.5. The van der Waals surface area contributed by atoms with Crippen LogP contribution in [0.15, 0.2) is 47.5 Å². The van der Waals surface area contributed by atoms with E-state index in [9.17, 15) is 9.59 Å². The molecule has 0 saturated carbocycles. The Hall–Kier alpha value is -2.36. The molecule has 4 heteroatoms. The van der Waals surface area contributed by atoms with Crippen molar-refractivity contribution in [2.45, 2.75) is 13.5 Å². The highest BCUT2D eigenvalue weighted by molar-refractivity contribution is 5.89. The molecular formula is C14H13NO3. The fourth-order valence-electron chi connectivity index (χ4n) is 1.55. The molecule has 1 aromatic carbocycles. The van der Waals surface area contributed by atoms with Crippen molar-refractivity contribution < 1.29 is 9.53 Å². The van der Waals surface area contributed by atoms with E-state index in [2.05, 4.69) is 4.98 Å². The van der Waals surface area contributed by atoms with Crippen LogP contribution in [0.4, 0.5) is 0 Å². The topological polar surface area (TPSA) is 59.2 Å². The number of hydrogen-bond donors (Lipinski definition) is 1. The third kappa shape index (κ3) is 2.66. The van der Waals surface area contributed by atoms with Gasteiger partial charge in [-0.3, -0.25) is 4.79 Å². The van der Waals surface area contributed by atoms with Crippen LogP contribution in [0, 0.1) is 6.92 Å². The molecule has 0 saturated heterocycles. The van der Waals surface area contributed by atoms with Gasteiger partial charge in [-0.05, 0) is 12.5 Å². The number of rotatable bonds is 3. The third-order valence-electron chi connectivity index (χ3n) is 2.56. The summed E-state index contributed by atoms with van der Waals surface area (Å²) in [5, 5.41) is 0. The number of aromatic nitrogens is 1. The minimum absolute atomic E-state index is 0.0333. The number of aromatic amines is 1. The number of ether oxygens (including phenoxy) is 1. The predicted molar refractivity (Wildman–Crippen MR) is 67.4 cm³/mol. The van der Waals surface area contributed by atoms with Crippen molar-refractivity contribution in [1.29, 1.82) is 0 Å². The van der Waals surface area contributed by atoms with Crippen LogP contribution in [0.2, 0.25) is 0 Å². The Bertz CT molecular complexity index is 602. The Balaban J connectivity index is 2.09. The number of esters is 1. The zero-order valence-electron chi connectivity index (χ0n) is 9.97. The van der Waals surface area contributed by atoms with Crippen LogP contribution in [-0.2, 0) is 11.3 Å². The van der Waals surface area contributed by atoms with Gasteiger partial charge in [-0.15, -0.1) is 0 Å². The Morgan fingerprint density at radius 2 is 1.94 bits per heavy atom. The maximum Gasteiger partial charge on any atom is 0.343 e. The first kappa shape index (κ1) is 12.1. The highest BCUT2D eigenvalue weighted by Crippen LogP contribution is 2.03. The van der Waals surface area contributed by atoms with E-state index < -0.39 is 5.97 Å². The molecule has 1 aromatic heterocycles. The lowest BCUT2D eigenvalue weighted by atomic mass is 10.2. The van der Waals surface area contributed by atoms with Crippen molar-refractivity contribution in [2.75, 3.05) is 0 Å². The van der Waals surface area contributed by atoms with Gasteiger partial charge in [-0.1, -0.05) is 30.3 Å². The molecule has 0 bridgehead atoms. The average Bonchev–Trinajstić information content (AvgIpc) is 2.40. The van der Waals surface area contributed by atoms with Crippen LogP contribution in [-0.4, -0.2) is 11.0 Å². The largest absolute Gasteiger partial charge is 0.457 e. The Labute approximate surface area is 104 Å². The Morgan fingerprint density at radius 1 is 1.22 bits per heavy atom. The minimum atomic E-state index is -0.608. The van der Waals surface area contributed by atoms with Crippen LogP contribution in [0.1, 0.15) is 21.5 Å². The molecule has 0 atom stereocenters. The summed E-state index contributed by atoms with van der Waals surface area (Å²) >= 11 is 0. The quantitative estimate of drug-likeness (QED) is 0.839. The minimum Gasteiger partial charge on any atom is -0.457 e. The van der Waals surface area contributed by atoms with Crippen molar-refractivity contribution in [3.63, 3.8) is 0 Å². The number of H-pyrrole nitrogens is 1. The number of carbonyl (C=O) groups is 1. The summed E-state index contributed by atoms with van der Waals surface area (Å²) in [6.45, 7) is 1.81. The van der Waals surface area contributed by atoms with Crippen LogP contribution in [0.3, 0.4) is 0 Å². The molecule has 0 fully saturated rings. The first-order valence-electron chi connectivity index (χ1n) is 5.57. The zero-order chi connectivity index (χ0) is 13.0. The predicted octanol–water partition coefficient (Wildman–Crippen LogP) is 2.04. The van der Waals surface area contributed by atoms with E-state index in [0.29, 0.717) is 5.56 Å². The summed E-state index contributed by atoms with van der Waals surface area (Å²) in [5.74, 6) is -0.608. The van der Waals surface area contributed by atoms with Gasteiger partial charge in [-0.2, -0.15) is 0 Å². The molecule has 0 spiro atoms. The van der Waals surface area contributed by atoms with Crippen molar-refractivity contribution >= 4 is 5.97 Å². The van der Waals surface area contributed by atoms with Crippen molar-refractivity contribution in [3.05, 3.63) is 69.6 Å². The van der Waals surface area contributed by atoms with Crippen LogP contribution in [0.5, 0.6) is 0 Å². The van der Waals surface area contributed by atoms with E-state index in [1.54, 1.807) is 13.1 Å². The Kier molecular flexibility index (Phi) is 3.57. The lowest BCUT2D eigenvalue weighted by Gasteiger charge is -2.04. The molecule has 0 aliphatic heterocycles. The maximum atomic E-state index is 11.7. The van der Waals surface area contributed by atoms with E-state index >= 15 is 0 Å². The number of nitrogens with one attached hydrogen (secondary N) is 1. The standard InChI is InChI=1S/C14H13NO3/c1-10-7-15-8-12(13(10)16)14(17)18-9-11-5-3-2-4-6-11/h2-8H,9H2,1H3,(H,15,16). The summed E-state index contributed by atoms with van der Waals surface area (Å²) < 4.78 is 5.09. The smallest absolute Gasteiger partial charge is 0.343 e. The van der Waals surface area contributed by atoms with E-state index in [-0.39, 0.29) is 17.6 Å². The molecular weight excluding hydrogens is 230 g/mol.